The van der Waals surface area contributed by atoms with E-state index in [2.05, 4.69) is 9.47 Å². The molecule has 1 unspecified atom stereocenters. The molecule has 0 saturated heterocycles. The Kier molecular flexibility index (Phi) is 5.78. The summed E-state index contributed by atoms with van der Waals surface area (Å²) in [6, 6.07) is 0. The van der Waals surface area contributed by atoms with Crippen LogP contribution in [0, 0.1) is 0 Å². The van der Waals surface area contributed by atoms with E-state index >= 15 is 0 Å². The van der Waals surface area contributed by atoms with Crippen LogP contribution in [0.1, 0.15) is 6.42 Å². The normalized spacial score (nSPS) is 12.4. The summed E-state index contributed by atoms with van der Waals surface area (Å²) in [6.07, 6.45) is 0.158. The second-order valence-electron chi connectivity index (χ2n) is 2.93. The molecule has 0 heterocycles. The van der Waals surface area contributed by atoms with Gasteiger partial charge in [-0.05, 0) is 0 Å². The van der Waals surface area contributed by atoms with Crippen LogP contribution in [-0.2, 0) is 19.1 Å². The second kappa shape index (κ2) is 6.02. The minimum atomic E-state index is -1.46. The van der Waals surface area contributed by atoms with Gasteiger partial charge in [0.05, 0.1) is 0 Å². The number of rotatable bonds is 4. The van der Waals surface area contributed by atoms with E-state index in [0.29, 0.717) is 0 Å². The molecule has 0 saturated carbocycles. The molecule has 0 aromatic carbocycles. The van der Waals surface area contributed by atoms with Gasteiger partial charge in [-0.2, -0.15) is 0 Å². The zero-order valence-corrected chi connectivity index (χ0v) is 10.5. The van der Waals surface area contributed by atoms with Crippen LogP contribution in [0.4, 0.5) is 0 Å². The molecule has 0 fully saturated rings. The first-order valence-electron chi connectivity index (χ1n) is 3.97. The molecule has 0 aromatic rings. The molecular formula is C8H15GeO4. The predicted octanol–water partition coefficient (Wildman–Crippen LogP) is 0.847. The van der Waals surface area contributed by atoms with Gasteiger partial charge in [0.1, 0.15) is 0 Å². The molecule has 0 amide bonds. The molecule has 0 aromatic heterocycles. The van der Waals surface area contributed by atoms with Crippen molar-refractivity contribution in [1.82, 2.24) is 0 Å². The number of carbonyl (C=O) groups is 2. The summed E-state index contributed by atoms with van der Waals surface area (Å²) in [5.41, 5.74) is 0. The van der Waals surface area contributed by atoms with Crippen molar-refractivity contribution < 1.29 is 19.1 Å². The summed E-state index contributed by atoms with van der Waals surface area (Å²) in [4.78, 5) is 22.2. The monoisotopic (exact) mass is 249 g/mol. The van der Waals surface area contributed by atoms with Crippen LogP contribution in [0.15, 0.2) is 0 Å². The van der Waals surface area contributed by atoms with Crippen molar-refractivity contribution in [3.63, 3.8) is 0 Å². The maximum absolute atomic E-state index is 11.2. The van der Waals surface area contributed by atoms with E-state index in [1.165, 1.54) is 14.2 Å². The third kappa shape index (κ3) is 4.31. The Bertz CT molecular complexity index is 191. The third-order valence-electron chi connectivity index (χ3n) is 1.78. The summed E-state index contributed by atoms with van der Waals surface area (Å²) in [6.45, 7) is 0. The van der Waals surface area contributed by atoms with E-state index in [0.717, 1.165) is 0 Å². The third-order valence-corrected chi connectivity index (χ3v) is 5.63. The zero-order valence-electron chi connectivity index (χ0n) is 8.42. The molecule has 0 N–H and O–H groups in total. The predicted molar refractivity (Wildman–Crippen MR) is 49.9 cm³/mol. The fraction of sp³-hybridized carbons (Fsp3) is 0.750. The number of methoxy groups -OCH3 is 2. The Morgan fingerprint density at radius 1 is 1.23 bits per heavy atom. The maximum atomic E-state index is 11.2. The van der Waals surface area contributed by atoms with Gasteiger partial charge in [-0.15, -0.1) is 0 Å². The van der Waals surface area contributed by atoms with Crippen molar-refractivity contribution in [3.8, 4) is 0 Å². The Morgan fingerprint density at radius 3 is 2.08 bits per heavy atom. The molecule has 5 heteroatoms. The van der Waals surface area contributed by atoms with Crippen LogP contribution in [0.2, 0.25) is 16.3 Å². The number of ether oxygens (including phenoxy) is 2. The molecule has 0 aliphatic heterocycles. The van der Waals surface area contributed by atoms with E-state index in [4.69, 9.17) is 0 Å². The van der Waals surface area contributed by atoms with Crippen LogP contribution >= 0.6 is 0 Å². The van der Waals surface area contributed by atoms with Crippen LogP contribution in [0.25, 0.3) is 0 Å². The SMILES string of the molecule is COC(=O)C[CH](C(=O)OC)[Ge]([CH3])[CH3]. The molecule has 0 rings (SSSR count). The summed E-state index contributed by atoms with van der Waals surface area (Å²) in [5.74, 6) is 3.43. The molecular weight excluding hydrogens is 233 g/mol. The van der Waals surface area contributed by atoms with Gasteiger partial charge in [0.15, 0.2) is 0 Å². The first-order chi connectivity index (χ1) is 6.02. The van der Waals surface area contributed by atoms with Crippen molar-refractivity contribution in [2.24, 2.45) is 0 Å². The van der Waals surface area contributed by atoms with Gasteiger partial charge in [0, 0.05) is 0 Å². The van der Waals surface area contributed by atoms with Gasteiger partial charge in [0.25, 0.3) is 0 Å². The van der Waals surface area contributed by atoms with Crippen molar-refractivity contribution >= 4 is 26.3 Å². The first kappa shape index (κ1) is 12.5. The first-order valence-corrected chi connectivity index (χ1v) is 9.38. The van der Waals surface area contributed by atoms with Crippen LogP contribution < -0.4 is 0 Å². The molecule has 0 bridgehead atoms. The standard InChI is InChI=1S/C8H15GeO4/c1-9(2)6(8(11)13-4)5-7(10)12-3/h6H,5H2,1-4H3. The van der Waals surface area contributed by atoms with Crippen LogP contribution in [0.5, 0.6) is 0 Å². The van der Waals surface area contributed by atoms with Gasteiger partial charge in [-0.25, -0.2) is 0 Å². The Balaban J connectivity index is 4.26. The van der Waals surface area contributed by atoms with Gasteiger partial charge in [-0.1, -0.05) is 0 Å². The van der Waals surface area contributed by atoms with E-state index in [1.54, 1.807) is 0 Å². The zero-order chi connectivity index (χ0) is 10.4. The number of esters is 2. The number of hydrogen-bond acceptors (Lipinski definition) is 4. The fourth-order valence-corrected chi connectivity index (χ4v) is 3.36. The molecule has 1 atom stereocenters. The Hall–Kier alpha value is -0.517. The van der Waals surface area contributed by atoms with Gasteiger partial charge in [-0.3, -0.25) is 0 Å². The van der Waals surface area contributed by atoms with Crippen LogP contribution in [0.3, 0.4) is 0 Å². The molecule has 1 radical (unpaired) electrons. The van der Waals surface area contributed by atoms with Crippen molar-refractivity contribution in [2.75, 3.05) is 14.2 Å². The van der Waals surface area contributed by atoms with Gasteiger partial charge in [0.2, 0.25) is 0 Å². The average molecular weight is 248 g/mol. The van der Waals surface area contributed by atoms with E-state index in [1.807, 2.05) is 11.5 Å². The molecule has 4 nitrogen and oxygen atoms in total. The molecule has 0 aliphatic rings. The summed E-state index contributed by atoms with van der Waals surface area (Å²) in [7, 11) is 2.66. The van der Waals surface area contributed by atoms with Gasteiger partial charge >= 0.3 is 82.3 Å². The van der Waals surface area contributed by atoms with Crippen molar-refractivity contribution in [2.45, 2.75) is 22.7 Å². The average Bonchev–Trinajstić information content (AvgIpc) is 2.11. The number of carbonyl (C=O) groups excluding carboxylic acids is 2. The molecule has 0 aliphatic carbocycles. The van der Waals surface area contributed by atoms with E-state index < -0.39 is 14.3 Å². The summed E-state index contributed by atoms with van der Waals surface area (Å²) in [5, 5.41) is 0. The van der Waals surface area contributed by atoms with E-state index in [9.17, 15) is 9.59 Å². The second-order valence-corrected chi connectivity index (χ2v) is 8.92. The number of hydrogen-bond donors (Lipinski definition) is 0. The van der Waals surface area contributed by atoms with Gasteiger partial charge < -0.3 is 0 Å². The molecule has 13 heavy (non-hydrogen) atoms. The minimum absolute atomic E-state index is 0.158. The fourth-order valence-electron chi connectivity index (χ4n) is 0.915. The van der Waals surface area contributed by atoms with Crippen molar-refractivity contribution in [1.29, 1.82) is 0 Å². The quantitative estimate of drug-likeness (QED) is 0.546. The van der Waals surface area contributed by atoms with Crippen LogP contribution in [-0.4, -0.2) is 40.5 Å². The molecule has 0 spiro atoms. The Morgan fingerprint density at radius 2 is 1.77 bits per heavy atom. The molecule has 75 valence electrons. The summed E-state index contributed by atoms with van der Waals surface area (Å²) >= 11 is -1.46. The Labute approximate surface area is 82.7 Å². The van der Waals surface area contributed by atoms with Crippen molar-refractivity contribution in [3.05, 3.63) is 0 Å². The van der Waals surface area contributed by atoms with E-state index in [-0.39, 0.29) is 23.1 Å². The summed E-state index contributed by atoms with van der Waals surface area (Å²) < 4.78 is 8.88. The topological polar surface area (TPSA) is 52.6 Å².